The summed E-state index contributed by atoms with van der Waals surface area (Å²) in [6, 6.07) is 7.06. The Bertz CT molecular complexity index is 680. The fraction of sp³-hybridized carbons (Fsp3) is 0.308. The summed E-state index contributed by atoms with van der Waals surface area (Å²) in [6.07, 6.45) is 3.59. The molecule has 7 nitrogen and oxygen atoms in total. The maximum Gasteiger partial charge on any atom is 0.213 e. The normalized spacial score (nSPS) is 11.5. The van der Waals surface area contributed by atoms with Crippen LogP contribution in [0.25, 0.3) is 0 Å². The van der Waals surface area contributed by atoms with Crippen LogP contribution in [0.4, 0.5) is 5.69 Å². The molecular formula is C13H18N4O3S. The molecule has 0 aliphatic rings. The number of aromatic nitrogens is 2. The van der Waals surface area contributed by atoms with E-state index in [0.29, 0.717) is 18.7 Å². The van der Waals surface area contributed by atoms with Gasteiger partial charge in [0.2, 0.25) is 10.0 Å². The first-order valence-corrected chi connectivity index (χ1v) is 8.13. The van der Waals surface area contributed by atoms with Gasteiger partial charge in [-0.05, 0) is 17.7 Å². The third-order valence-corrected chi connectivity index (χ3v) is 3.57. The summed E-state index contributed by atoms with van der Waals surface area (Å²) in [5, 5.41) is 21.1. The van der Waals surface area contributed by atoms with Crippen molar-refractivity contribution < 1.29 is 13.5 Å². The summed E-state index contributed by atoms with van der Waals surface area (Å²) >= 11 is 0. The highest BCUT2D eigenvalue weighted by Crippen LogP contribution is 2.12. The highest BCUT2D eigenvalue weighted by molar-refractivity contribution is 7.88. The predicted octanol–water partition coefficient (Wildman–Crippen LogP) is 0.276. The summed E-state index contributed by atoms with van der Waals surface area (Å²) in [4.78, 5) is 0. The first-order chi connectivity index (χ1) is 9.96. The zero-order chi connectivity index (χ0) is 15.3. The Morgan fingerprint density at radius 3 is 2.57 bits per heavy atom. The number of hydrogen-bond acceptors (Lipinski definition) is 5. The van der Waals surface area contributed by atoms with E-state index >= 15 is 0 Å². The van der Waals surface area contributed by atoms with E-state index in [0.717, 1.165) is 11.3 Å². The average Bonchev–Trinajstić information content (AvgIpc) is 2.84. The summed E-state index contributed by atoms with van der Waals surface area (Å²) < 4.78 is 23.6. The summed E-state index contributed by atoms with van der Waals surface area (Å²) in [7, 11) is -3.50. The van der Waals surface area contributed by atoms with E-state index in [9.17, 15) is 8.42 Å². The van der Waals surface area contributed by atoms with Crippen LogP contribution in [0.2, 0.25) is 0 Å². The van der Waals surface area contributed by atoms with Crippen molar-refractivity contribution in [2.75, 3.05) is 11.9 Å². The van der Waals surface area contributed by atoms with E-state index < -0.39 is 10.0 Å². The largest absolute Gasteiger partial charge is 0.394 e. The smallest absolute Gasteiger partial charge is 0.213 e. The molecule has 0 unspecified atom stereocenters. The van der Waals surface area contributed by atoms with Crippen molar-refractivity contribution in [3.05, 3.63) is 47.8 Å². The number of aliphatic hydroxyl groups excluding tert-OH is 1. The van der Waals surface area contributed by atoms with Gasteiger partial charge in [0.1, 0.15) is 0 Å². The van der Waals surface area contributed by atoms with Crippen LogP contribution in [-0.2, 0) is 28.9 Å². The fourth-order valence-electron chi connectivity index (χ4n) is 1.88. The van der Waals surface area contributed by atoms with Gasteiger partial charge in [0, 0.05) is 24.0 Å². The first kappa shape index (κ1) is 15.5. The van der Waals surface area contributed by atoms with Gasteiger partial charge >= 0.3 is 0 Å². The molecule has 1 aromatic carbocycles. The minimum Gasteiger partial charge on any atom is -0.394 e. The molecule has 8 heteroatoms. The molecule has 0 spiro atoms. The lowest BCUT2D eigenvalue weighted by Crippen LogP contribution is -2.14. The Kier molecular flexibility index (Phi) is 4.94. The van der Waals surface area contributed by atoms with E-state index in [4.69, 9.17) is 10.2 Å². The van der Waals surface area contributed by atoms with Crippen molar-refractivity contribution in [1.29, 1.82) is 0 Å². The van der Waals surface area contributed by atoms with Gasteiger partial charge < -0.3 is 10.4 Å². The maximum absolute atomic E-state index is 11.0. The Balaban J connectivity index is 1.91. The Labute approximate surface area is 123 Å². The van der Waals surface area contributed by atoms with Crippen LogP contribution in [0, 0.1) is 0 Å². The number of anilines is 1. The summed E-state index contributed by atoms with van der Waals surface area (Å²) in [5.41, 5.74) is 2.53. The molecule has 0 saturated heterocycles. The van der Waals surface area contributed by atoms with Gasteiger partial charge in [-0.1, -0.05) is 12.1 Å². The molecule has 0 radical (unpaired) electrons. The standard InChI is InChI=1S/C13H18N4O3S/c14-21(19,20)10-11-1-3-13(4-2-11)15-7-12-8-16-17(9-12)5-6-18/h1-4,8-9,15,18H,5-7,10H2,(H2,14,19,20). The van der Waals surface area contributed by atoms with Crippen LogP contribution in [0.15, 0.2) is 36.7 Å². The zero-order valence-corrected chi connectivity index (χ0v) is 12.3. The van der Waals surface area contributed by atoms with Crippen LogP contribution >= 0.6 is 0 Å². The molecule has 0 aliphatic heterocycles. The van der Waals surface area contributed by atoms with Crippen molar-refractivity contribution in [1.82, 2.24) is 9.78 Å². The fourth-order valence-corrected chi connectivity index (χ4v) is 2.53. The number of nitrogens with one attached hydrogen (secondary N) is 1. The Morgan fingerprint density at radius 2 is 1.95 bits per heavy atom. The first-order valence-electron chi connectivity index (χ1n) is 6.42. The molecule has 2 rings (SSSR count). The van der Waals surface area contributed by atoms with Gasteiger partial charge in [-0.25, -0.2) is 13.6 Å². The van der Waals surface area contributed by atoms with Gasteiger partial charge in [-0.2, -0.15) is 5.10 Å². The SMILES string of the molecule is NS(=O)(=O)Cc1ccc(NCc2cnn(CCO)c2)cc1. The Hall–Kier alpha value is -1.90. The number of primary sulfonamides is 1. The molecular weight excluding hydrogens is 292 g/mol. The van der Waals surface area contributed by atoms with Gasteiger partial charge in [0.15, 0.2) is 0 Å². The molecule has 0 fully saturated rings. The summed E-state index contributed by atoms with van der Waals surface area (Å²) in [6.45, 7) is 1.13. The molecule has 0 atom stereocenters. The van der Waals surface area contributed by atoms with Crippen LogP contribution in [0.5, 0.6) is 0 Å². The van der Waals surface area contributed by atoms with E-state index in [2.05, 4.69) is 10.4 Å². The highest BCUT2D eigenvalue weighted by atomic mass is 32.2. The number of sulfonamides is 1. The van der Waals surface area contributed by atoms with E-state index in [1.807, 2.05) is 6.20 Å². The van der Waals surface area contributed by atoms with Crippen LogP contribution in [0.3, 0.4) is 0 Å². The van der Waals surface area contributed by atoms with Crippen molar-refractivity contribution in [2.45, 2.75) is 18.8 Å². The highest BCUT2D eigenvalue weighted by Gasteiger charge is 2.04. The third-order valence-electron chi connectivity index (χ3n) is 2.83. The predicted molar refractivity (Wildman–Crippen MR) is 79.9 cm³/mol. The molecule has 2 aromatic rings. The monoisotopic (exact) mass is 310 g/mol. The Morgan fingerprint density at radius 1 is 1.24 bits per heavy atom. The van der Waals surface area contributed by atoms with Gasteiger partial charge in [0.25, 0.3) is 0 Å². The second kappa shape index (κ2) is 6.70. The van der Waals surface area contributed by atoms with E-state index in [-0.39, 0.29) is 12.4 Å². The molecule has 21 heavy (non-hydrogen) atoms. The van der Waals surface area contributed by atoms with Crippen molar-refractivity contribution in [3.8, 4) is 0 Å². The van der Waals surface area contributed by atoms with Gasteiger partial charge in [-0.15, -0.1) is 0 Å². The van der Waals surface area contributed by atoms with E-state index in [1.165, 1.54) is 0 Å². The van der Waals surface area contributed by atoms with Crippen LogP contribution in [0.1, 0.15) is 11.1 Å². The topological polar surface area (TPSA) is 110 Å². The molecule has 1 heterocycles. The number of rotatable bonds is 7. The third kappa shape index (κ3) is 5.18. The molecule has 0 amide bonds. The van der Waals surface area contributed by atoms with Crippen LogP contribution < -0.4 is 10.5 Å². The lowest BCUT2D eigenvalue weighted by Gasteiger charge is -2.06. The van der Waals surface area contributed by atoms with Gasteiger partial charge in [0.05, 0.1) is 25.1 Å². The van der Waals surface area contributed by atoms with Gasteiger partial charge in [-0.3, -0.25) is 4.68 Å². The molecule has 4 N–H and O–H groups in total. The molecule has 1 aromatic heterocycles. The maximum atomic E-state index is 11.0. The van der Waals surface area contributed by atoms with Crippen LogP contribution in [-0.4, -0.2) is 29.9 Å². The lowest BCUT2D eigenvalue weighted by atomic mass is 10.2. The minimum atomic E-state index is -3.50. The van der Waals surface area contributed by atoms with Crippen molar-refractivity contribution in [2.24, 2.45) is 5.14 Å². The second-order valence-corrected chi connectivity index (χ2v) is 6.31. The number of aliphatic hydroxyl groups is 1. The van der Waals surface area contributed by atoms with Crippen molar-refractivity contribution in [3.63, 3.8) is 0 Å². The summed E-state index contributed by atoms with van der Waals surface area (Å²) in [5.74, 6) is -0.165. The number of hydrogen-bond donors (Lipinski definition) is 3. The minimum absolute atomic E-state index is 0.0556. The zero-order valence-electron chi connectivity index (χ0n) is 11.4. The molecule has 0 bridgehead atoms. The number of nitrogens with zero attached hydrogens (tertiary/aromatic N) is 2. The lowest BCUT2D eigenvalue weighted by molar-refractivity contribution is 0.269. The second-order valence-electron chi connectivity index (χ2n) is 4.69. The number of nitrogens with two attached hydrogens (primary N) is 1. The average molecular weight is 310 g/mol. The van der Waals surface area contributed by atoms with E-state index in [1.54, 1.807) is 35.1 Å². The van der Waals surface area contributed by atoms with Crippen molar-refractivity contribution >= 4 is 15.7 Å². The molecule has 0 saturated carbocycles. The quantitative estimate of drug-likeness (QED) is 0.680. The molecule has 114 valence electrons. The molecule has 0 aliphatic carbocycles. The number of benzene rings is 1.